The molecule has 0 bridgehead atoms. The number of halogens is 2. The largest absolute Gasteiger partial charge is 0.348 e. The standard InChI is InChI=1S/C24H24Cl2N2O3S/c1-18(20-7-9-21(25)10-8-20)27-24(29)17-28(16-15-19-5-3-2-4-6-19)32(30,31)23-13-11-22(26)12-14-23/h2-14,18H,15-17H2,1H3,(H,27,29)/t18-/m0/s1. The number of nitrogens with one attached hydrogen (secondary N) is 1. The van der Waals surface area contributed by atoms with E-state index in [4.69, 9.17) is 23.2 Å². The Morgan fingerprint density at radius 1 is 0.906 bits per heavy atom. The van der Waals surface area contributed by atoms with Crippen LogP contribution in [0, 0.1) is 0 Å². The molecule has 0 saturated heterocycles. The highest BCUT2D eigenvalue weighted by molar-refractivity contribution is 7.89. The molecule has 1 amide bonds. The molecule has 168 valence electrons. The molecule has 1 N–H and O–H groups in total. The first-order chi connectivity index (χ1) is 15.3. The van der Waals surface area contributed by atoms with E-state index in [2.05, 4.69) is 5.32 Å². The Kier molecular flexibility index (Phi) is 8.32. The third-order valence-corrected chi connectivity index (χ3v) is 7.37. The van der Waals surface area contributed by atoms with Gasteiger partial charge in [-0.1, -0.05) is 65.7 Å². The maximum absolute atomic E-state index is 13.3. The van der Waals surface area contributed by atoms with Gasteiger partial charge in [0.1, 0.15) is 0 Å². The zero-order chi connectivity index (χ0) is 23.1. The lowest BCUT2D eigenvalue weighted by molar-refractivity contribution is -0.121. The van der Waals surface area contributed by atoms with Crippen LogP contribution in [0.25, 0.3) is 0 Å². The Balaban J connectivity index is 1.77. The van der Waals surface area contributed by atoms with Gasteiger partial charge in [-0.15, -0.1) is 0 Å². The third-order valence-electron chi connectivity index (χ3n) is 5.01. The maximum Gasteiger partial charge on any atom is 0.243 e. The van der Waals surface area contributed by atoms with E-state index >= 15 is 0 Å². The van der Waals surface area contributed by atoms with Gasteiger partial charge in [-0.2, -0.15) is 4.31 Å². The fraction of sp³-hybridized carbons (Fsp3) is 0.208. The predicted octanol–water partition coefficient (Wildman–Crippen LogP) is 5.10. The minimum absolute atomic E-state index is 0.0912. The average molecular weight is 491 g/mol. The molecular weight excluding hydrogens is 467 g/mol. The Morgan fingerprint density at radius 2 is 1.47 bits per heavy atom. The minimum Gasteiger partial charge on any atom is -0.348 e. The van der Waals surface area contributed by atoms with E-state index in [1.54, 1.807) is 12.1 Å². The van der Waals surface area contributed by atoms with Gasteiger partial charge in [-0.05, 0) is 60.9 Å². The second kappa shape index (κ2) is 11.0. The van der Waals surface area contributed by atoms with E-state index < -0.39 is 15.9 Å². The van der Waals surface area contributed by atoms with Gasteiger partial charge < -0.3 is 5.32 Å². The van der Waals surface area contributed by atoms with Crippen LogP contribution in [-0.2, 0) is 21.2 Å². The number of carbonyl (C=O) groups excluding carboxylic acids is 1. The maximum atomic E-state index is 13.3. The summed E-state index contributed by atoms with van der Waals surface area (Å²) in [5.41, 5.74) is 1.86. The molecule has 0 fully saturated rings. The quantitative estimate of drug-likeness (QED) is 0.453. The SMILES string of the molecule is C[C@H](NC(=O)CN(CCc1ccccc1)S(=O)(=O)c1ccc(Cl)cc1)c1ccc(Cl)cc1. The highest BCUT2D eigenvalue weighted by Gasteiger charge is 2.27. The molecule has 8 heteroatoms. The van der Waals surface area contributed by atoms with E-state index in [1.807, 2.05) is 49.4 Å². The molecule has 0 aromatic heterocycles. The Labute approximate surface area is 199 Å². The minimum atomic E-state index is -3.89. The second-order valence-corrected chi connectivity index (χ2v) is 10.2. The van der Waals surface area contributed by atoms with Gasteiger partial charge in [0.05, 0.1) is 17.5 Å². The Bertz CT molecular complexity index is 1140. The monoisotopic (exact) mass is 490 g/mol. The number of hydrogen-bond acceptors (Lipinski definition) is 3. The number of sulfonamides is 1. The fourth-order valence-corrected chi connectivity index (χ4v) is 4.87. The fourth-order valence-electron chi connectivity index (χ4n) is 3.22. The van der Waals surface area contributed by atoms with Crippen molar-refractivity contribution in [1.29, 1.82) is 0 Å². The van der Waals surface area contributed by atoms with Crippen molar-refractivity contribution in [2.24, 2.45) is 0 Å². The number of carbonyl (C=O) groups is 1. The van der Waals surface area contributed by atoms with Crippen molar-refractivity contribution in [3.8, 4) is 0 Å². The van der Waals surface area contributed by atoms with Gasteiger partial charge >= 0.3 is 0 Å². The molecule has 0 radical (unpaired) electrons. The highest BCUT2D eigenvalue weighted by atomic mass is 35.5. The van der Waals surface area contributed by atoms with Crippen molar-refractivity contribution < 1.29 is 13.2 Å². The molecule has 3 rings (SSSR count). The predicted molar refractivity (Wildman–Crippen MR) is 128 cm³/mol. The van der Waals surface area contributed by atoms with E-state index in [1.165, 1.54) is 28.6 Å². The summed E-state index contributed by atoms with van der Waals surface area (Å²) in [6, 6.07) is 22.3. The highest BCUT2D eigenvalue weighted by Crippen LogP contribution is 2.20. The molecule has 0 aliphatic heterocycles. The third kappa shape index (κ3) is 6.56. The zero-order valence-corrected chi connectivity index (χ0v) is 19.9. The van der Waals surface area contributed by atoms with Crippen LogP contribution in [0.15, 0.2) is 83.8 Å². The molecule has 0 aliphatic rings. The molecule has 0 saturated carbocycles. The summed E-state index contributed by atoms with van der Waals surface area (Å²) < 4.78 is 27.8. The van der Waals surface area contributed by atoms with Crippen LogP contribution >= 0.6 is 23.2 Å². The molecule has 0 aliphatic carbocycles. The summed E-state index contributed by atoms with van der Waals surface area (Å²) in [5.74, 6) is -0.391. The molecular formula is C24H24Cl2N2O3S. The van der Waals surface area contributed by atoms with Crippen LogP contribution in [0.4, 0.5) is 0 Å². The van der Waals surface area contributed by atoms with Crippen molar-refractivity contribution >= 4 is 39.1 Å². The first-order valence-corrected chi connectivity index (χ1v) is 12.3. The molecule has 1 atom stereocenters. The van der Waals surface area contributed by atoms with Crippen molar-refractivity contribution in [3.63, 3.8) is 0 Å². The Morgan fingerprint density at radius 3 is 2.06 bits per heavy atom. The molecule has 32 heavy (non-hydrogen) atoms. The van der Waals surface area contributed by atoms with E-state index in [0.29, 0.717) is 16.5 Å². The van der Waals surface area contributed by atoms with Gasteiger partial charge in [0.2, 0.25) is 15.9 Å². The summed E-state index contributed by atoms with van der Waals surface area (Å²) in [5, 5.41) is 3.91. The summed E-state index contributed by atoms with van der Waals surface area (Å²) in [6.07, 6.45) is 0.480. The summed E-state index contributed by atoms with van der Waals surface area (Å²) in [7, 11) is -3.89. The topological polar surface area (TPSA) is 66.5 Å². The van der Waals surface area contributed by atoms with Crippen molar-refractivity contribution in [2.45, 2.75) is 24.3 Å². The van der Waals surface area contributed by atoms with Crippen LogP contribution in [0.5, 0.6) is 0 Å². The first kappa shape index (κ1) is 24.3. The number of hydrogen-bond donors (Lipinski definition) is 1. The number of nitrogens with zero attached hydrogens (tertiary/aromatic N) is 1. The number of rotatable bonds is 9. The smallest absolute Gasteiger partial charge is 0.243 e. The molecule has 0 spiro atoms. The molecule has 3 aromatic carbocycles. The van der Waals surface area contributed by atoms with E-state index in [0.717, 1.165) is 11.1 Å². The van der Waals surface area contributed by atoms with Crippen LogP contribution in [-0.4, -0.2) is 31.7 Å². The summed E-state index contributed by atoms with van der Waals surface area (Å²) >= 11 is 11.8. The lowest BCUT2D eigenvalue weighted by atomic mass is 10.1. The van der Waals surface area contributed by atoms with E-state index in [-0.39, 0.29) is 24.0 Å². The van der Waals surface area contributed by atoms with Crippen molar-refractivity contribution in [1.82, 2.24) is 9.62 Å². The van der Waals surface area contributed by atoms with Crippen molar-refractivity contribution in [3.05, 3.63) is 100 Å². The lowest BCUT2D eigenvalue weighted by Crippen LogP contribution is -2.42. The molecule has 3 aromatic rings. The normalized spacial score (nSPS) is 12.5. The number of benzene rings is 3. The molecule has 0 heterocycles. The summed E-state index contributed by atoms with van der Waals surface area (Å²) in [4.78, 5) is 12.9. The van der Waals surface area contributed by atoms with Crippen LogP contribution in [0.3, 0.4) is 0 Å². The van der Waals surface area contributed by atoms with Crippen LogP contribution in [0.2, 0.25) is 10.0 Å². The van der Waals surface area contributed by atoms with Gasteiger partial charge in [-0.3, -0.25) is 4.79 Å². The summed E-state index contributed by atoms with van der Waals surface area (Å²) in [6.45, 7) is 1.70. The van der Waals surface area contributed by atoms with Crippen LogP contribution < -0.4 is 5.32 Å². The number of amides is 1. The average Bonchev–Trinajstić information content (AvgIpc) is 2.78. The molecule has 0 unspecified atom stereocenters. The van der Waals surface area contributed by atoms with Gasteiger partial charge in [0, 0.05) is 16.6 Å². The van der Waals surface area contributed by atoms with Crippen molar-refractivity contribution in [2.75, 3.05) is 13.1 Å². The van der Waals surface area contributed by atoms with Gasteiger partial charge in [-0.25, -0.2) is 8.42 Å². The second-order valence-electron chi connectivity index (χ2n) is 7.37. The molecule has 5 nitrogen and oxygen atoms in total. The Hall–Kier alpha value is -2.38. The zero-order valence-electron chi connectivity index (χ0n) is 17.5. The van der Waals surface area contributed by atoms with Gasteiger partial charge in [0.15, 0.2) is 0 Å². The first-order valence-electron chi connectivity index (χ1n) is 10.1. The lowest BCUT2D eigenvalue weighted by Gasteiger charge is -2.23. The van der Waals surface area contributed by atoms with Crippen LogP contribution in [0.1, 0.15) is 24.1 Å². The van der Waals surface area contributed by atoms with Gasteiger partial charge in [0.25, 0.3) is 0 Å². The van der Waals surface area contributed by atoms with E-state index in [9.17, 15) is 13.2 Å².